The lowest BCUT2D eigenvalue weighted by Gasteiger charge is -2.11. The van der Waals surface area contributed by atoms with Gasteiger partial charge in [-0.1, -0.05) is 30.3 Å². The number of rotatable bonds is 8. The van der Waals surface area contributed by atoms with Gasteiger partial charge < -0.3 is 9.84 Å². The van der Waals surface area contributed by atoms with Crippen LogP contribution in [0.4, 0.5) is 0 Å². The summed E-state index contributed by atoms with van der Waals surface area (Å²) in [6.45, 7) is -0.275. The number of ether oxygens (including phenoxy) is 1. The number of hydrogen-bond acceptors (Lipinski definition) is 4. The van der Waals surface area contributed by atoms with Crippen molar-refractivity contribution in [3.05, 3.63) is 35.9 Å². The van der Waals surface area contributed by atoms with Crippen LogP contribution in [0.3, 0.4) is 0 Å². The van der Waals surface area contributed by atoms with E-state index in [2.05, 4.69) is 9.46 Å². The Bertz CT molecular complexity index is 500. The molecule has 0 aliphatic heterocycles. The lowest BCUT2D eigenvalue weighted by Crippen LogP contribution is -2.39. The van der Waals surface area contributed by atoms with Gasteiger partial charge in [0, 0.05) is 13.7 Å². The van der Waals surface area contributed by atoms with E-state index in [1.807, 2.05) is 30.3 Å². The summed E-state index contributed by atoms with van der Waals surface area (Å²) in [7, 11) is -2.29. The second-order valence-electron chi connectivity index (χ2n) is 3.97. The molecule has 1 aromatic rings. The first-order chi connectivity index (χ1) is 8.94. The average Bonchev–Trinajstić information content (AvgIpc) is 2.38. The van der Waals surface area contributed by atoms with Crippen LogP contribution in [0.5, 0.6) is 0 Å². The van der Waals surface area contributed by atoms with Gasteiger partial charge in [-0.05, 0) is 12.0 Å². The summed E-state index contributed by atoms with van der Waals surface area (Å²) in [5.74, 6) is -1.29. The molecular weight excluding hydrogens is 270 g/mol. The summed E-state index contributed by atoms with van der Waals surface area (Å²) in [5, 5.41) is 8.72. The fourth-order valence-electron chi connectivity index (χ4n) is 1.44. The fourth-order valence-corrected chi connectivity index (χ4v) is 2.50. The van der Waals surface area contributed by atoms with E-state index in [-0.39, 0.29) is 12.3 Å². The number of benzene rings is 1. The van der Waals surface area contributed by atoms with Gasteiger partial charge in [0.2, 0.25) is 10.0 Å². The van der Waals surface area contributed by atoms with Crippen LogP contribution in [0.1, 0.15) is 5.56 Å². The summed E-state index contributed by atoms with van der Waals surface area (Å²) >= 11 is 0. The normalized spacial score (nSPS) is 13.1. The monoisotopic (exact) mass is 287 g/mol. The Morgan fingerprint density at radius 2 is 2.00 bits per heavy atom. The van der Waals surface area contributed by atoms with Crippen LogP contribution >= 0.6 is 0 Å². The van der Waals surface area contributed by atoms with Crippen molar-refractivity contribution in [2.75, 3.05) is 19.4 Å². The SMILES string of the molecule is COC(CNS(=O)(=O)CCc1ccccc1)C(=O)O. The second-order valence-corrected chi connectivity index (χ2v) is 5.89. The molecule has 0 bridgehead atoms. The second kappa shape index (κ2) is 7.22. The maximum absolute atomic E-state index is 11.7. The highest BCUT2D eigenvalue weighted by atomic mass is 32.2. The van der Waals surface area contributed by atoms with Crippen LogP contribution < -0.4 is 4.72 Å². The molecule has 0 aromatic heterocycles. The molecule has 1 atom stereocenters. The number of carboxylic acid groups (broad SMARTS) is 1. The van der Waals surface area contributed by atoms with Gasteiger partial charge in [0.05, 0.1) is 5.75 Å². The molecule has 19 heavy (non-hydrogen) atoms. The highest BCUT2D eigenvalue weighted by Gasteiger charge is 2.19. The molecule has 0 aliphatic carbocycles. The van der Waals surface area contributed by atoms with Gasteiger partial charge in [0.15, 0.2) is 6.10 Å². The van der Waals surface area contributed by atoms with Crippen LogP contribution in [0, 0.1) is 0 Å². The Morgan fingerprint density at radius 3 is 2.53 bits per heavy atom. The third-order valence-electron chi connectivity index (χ3n) is 2.55. The van der Waals surface area contributed by atoms with Gasteiger partial charge in [-0.15, -0.1) is 0 Å². The Hall–Kier alpha value is -1.44. The summed E-state index contributed by atoms with van der Waals surface area (Å²) < 4.78 is 30.2. The van der Waals surface area contributed by atoms with Crippen LogP contribution in [0.15, 0.2) is 30.3 Å². The topological polar surface area (TPSA) is 92.7 Å². The molecular formula is C12H17NO5S. The highest BCUT2D eigenvalue weighted by Crippen LogP contribution is 2.01. The summed E-state index contributed by atoms with van der Waals surface area (Å²) in [6, 6.07) is 9.20. The molecule has 0 radical (unpaired) electrons. The van der Waals surface area contributed by atoms with Crippen LogP contribution in [0.25, 0.3) is 0 Å². The largest absolute Gasteiger partial charge is 0.479 e. The Kier molecular flexibility index (Phi) is 5.94. The van der Waals surface area contributed by atoms with Crippen molar-refractivity contribution in [1.29, 1.82) is 0 Å². The summed E-state index contributed by atoms with van der Waals surface area (Å²) in [5.41, 5.74) is 0.911. The van der Waals surface area contributed by atoms with Gasteiger partial charge in [-0.25, -0.2) is 17.9 Å². The molecule has 7 heteroatoms. The van der Waals surface area contributed by atoms with E-state index in [0.29, 0.717) is 6.42 Å². The minimum absolute atomic E-state index is 0.0902. The van der Waals surface area contributed by atoms with E-state index in [9.17, 15) is 13.2 Å². The molecule has 1 rings (SSSR count). The zero-order valence-corrected chi connectivity index (χ0v) is 11.4. The van der Waals surface area contributed by atoms with E-state index in [0.717, 1.165) is 5.56 Å². The maximum atomic E-state index is 11.7. The van der Waals surface area contributed by atoms with Crippen molar-refractivity contribution in [2.24, 2.45) is 0 Å². The lowest BCUT2D eigenvalue weighted by molar-refractivity contribution is -0.147. The van der Waals surface area contributed by atoms with Gasteiger partial charge in [0.25, 0.3) is 0 Å². The quantitative estimate of drug-likeness (QED) is 0.715. The smallest absolute Gasteiger partial charge is 0.334 e. The number of carbonyl (C=O) groups is 1. The number of aliphatic carboxylic acids is 1. The standard InChI is InChI=1S/C12H17NO5S/c1-18-11(12(14)15)9-13-19(16,17)8-7-10-5-3-2-4-6-10/h2-6,11,13H,7-9H2,1H3,(H,14,15). The van der Waals surface area contributed by atoms with Crippen molar-refractivity contribution in [1.82, 2.24) is 4.72 Å². The molecule has 1 unspecified atom stereocenters. The van der Waals surface area contributed by atoms with Crippen molar-refractivity contribution >= 4 is 16.0 Å². The predicted octanol–water partition coefficient (Wildman–Crippen LogP) is 0.248. The van der Waals surface area contributed by atoms with E-state index in [1.165, 1.54) is 7.11 Å². The first-order valence-corrected chi connectivity index (χ1v) is 7.36. The van der Waals surface area contributed by atoms with Crippen molar-refractivity contribution in [2.45, 2.75) is 12.5 Å². The molecule has 0 fully saturated rings. The summed E-state index contributed by atoms with van der Waals surface area (Å²) in [4.78, 5) is 10.7. The van der Waals surface area contributed by atoms with Gasteiger partial charge in [-0.2, -0.15) is 0 Å². The van der Waals surface area contributed by atoms with Crippen LogP contribution in [0.2, 0.25) is 0 Å². The zero-order chi connectivity index (χ0) is 14.3. The van der Waals surface area contributed by atoms with Gasteiger partial charge in [-0.3, -0.25) is 0 Å². The van der Waals surface area contributed by atoms with Gasteiger partial charge in [0.1, 0.15) is 0 Å². The minimum Gasteiger partial charge on any atom is -0.479 e. The molecule has 0 spiro atoms. The predicted molar refractivity (Wildman–Crippen MR) is 70.4 cm³/mol. The van der Waals surface area contributed by atoms with Crippen LogP contribution in [-0.4, -0.2) is 45.0 Å². The van der Waals surface area contributed by atoms with Crippen molar-refractivity contribution in [3.63, 3.8) is 0 Å². The third-order valence-corrected chi connectivity index (χ3v) is 3.90. The zero-order valence-electron chi connectivity index (χ0n) is 10.6. The molecule has 1 aromatic carbocycles. The minimum atomic E-state index is -3.51. The first-order valence-electron chi connectivity index (χ1n) is 5.71. The lowest BCUT2D eigenvalue weighted by atomic mass is 10.2. The van der Waals surface area contributed by atoms with Gasteiger partial charge >= 0.3 is 5.97 Å². The van der Waals surface area contributed by atoms with E-state index >= 15 is 0 Å². The van der Waals surface area contributed by atoms with Crippen molar-refractivity contribution in [3.8, 4) is 0 Å². The molecule has 0 saturated carbocycles. The maximum Gasteiger partial charge on any atom is 0.334 e. The fraction of sp³-hybridized carbons (Fsp3) is 0.417. The van der Waals surface area contributed by atoms with Crippen LogP contribution in [-0.2, 0) is 26.0 Å². The number of hydrogen-bond donors (Lipinski definition) is 2. The summed E-state index contributed by atoms with van der Waals surface area (Å²) in [6.07, 6.45) is -0.799. The molecule has 0 saturated heterocycles. The third kappa shape index (κ3) is 5.82. The van der Waals surface area contributed by atoms with Crippen molar-refractivity contribution < 1.29 is 23.1 Å². The number of methoxy groups -OCH3 is 1. The molecule has 0 amide bonds. The molecule has 2 N–H and O–H groups in total. The molecule has 0 heterocycles. The molecule has 106 valence electrons. The average molecular weight is 287 g/mol. The highest BCUT2D eigenvalue weighted by molar-refractivity contribution is 7.89. The van der Waals surface area contributed by atoms with E-state index < -0.39 is 22.1 Å². The Balaban J connectivity index is 2.46. The molecule has 0 aliphatic rings. The number of sulfonamides is 1. The Morgan fingerprint density at radius 1 is 1.37 bits per heavy atom. The number of aryl methyl sites for hydroxylation is 1. The number of nitrogens with one attached hydrogen (secondary N) is 1. The number of carboxylic acids is 1. The molecule has 6 nitrogen and oxygen atoms in total. The first kappa shape index (κ1) is 15.6. The Labute approximate surface area is 112 Å². The van der Waals surface area contributed by atoms with E-state index in [1.54, 1.807) is 0 Å². The van der Waals surface area contributed by atoms with E-state index in [4.69, 9.17) is 5.11 Å².